The van der Waals surface area contributed by atoms with Crippen LogP contribution in [0.5, 0.6) is 17.2 Å². The van der Waals surface area contributed by atoms with Gasteiger partial charge in [-0.15, -0.1) is 0 Å². The van der Waals surface area contributed by atoms with E-state index >= 15 is 0 Å². The third-order valence-electron chi connectivity index (χ3n) is 5.21. The minimum atomic E-state index is -0.134. The molecule has 0 atom stereocenters. The van der Waals surface area contributed by atoms with Crippen LogP contribution in [0.3, 0.4) is 0 Å². The van der Waals surface area contributed by atoms with E-state index in [0.717, 1.165) is 12.8 Å². The van der Waals surface area contributed by atoms with Crippen LogP contribution in [-0.4, -0.2) is 33.8 Å². The summed E-state index contributed by atoms with van der Waals surface area (Å²) in [4.78, 5) is 12.8. The third kappa shape index (κ3) is 3.51. The van der Waals surface area contributed by atoms with Crippen molar-refractivity contribution in [3.05, 3.63) is 40.1 Å². The number of hydrogen-bond acceptors (Lipinski definition) is 5. The van der Waals surface area contributed by atoms with Gasteiger partial charge in [0.2, 0.25) is 5.75 Å². The Morgan fingerprint density at radius 1 is 1.12 bits per heavy atom. The van der Waals surface area contributed by atoms with E-state index in [2.05, 4.69) is 22.1 Å². The Balaban J connectivity index is 1.80. The number of methoxy groups -OCH3 is 3. The first kappa shape index (κ1) is 18.6. The Hall–Kier alpha value is -2.21. The maximum Gasteiger partial charge on any atom is 0.251 e. The van der Waals surface area contributed by atoms with Gasteiger partial charge in [0, 0.05) is 17.5 Å². The molecule has 2 aromatic rings. The molecule has 6 heteroatoms. The molecule has 0 unspecified atom stereocenters. The minimum absolute atomic E-state index is 0.0519. The number of hydrogen-bond donors (Lipinski definition) is 1. The molecule has 0 aliphatic heterocycles. The quantitative estimate of drug-likeness (QED) is 0.794. The van der Waals surface area contributed by atoms with Crippen LogP contribution >= 0.6 is 11.3 Å². The van der Waals surface area contributed by atoms with Crippen LogP contribution in [0.1, 0.15) is 41.6 Å². The first-order chi connectivity index (χ1) is 12.6. The zero-order valence-corrected chi connectivity index (χ0v) is 16.3. The van der Waals surface area contributed by atoms with E-state index in [-0.39, 0.29) is 11.3 Å². The van der Waals surface area contributed by atoms with E-state index in [0.29, 0.717) is 29.4 Å². The number of benzene rings is 1. The van der Waals surface area contributed by atoms with Gasteiger partial charge in [0.1, 0.15) is 0 Å². The summed E-state index contributed by atoms with van der Waals surface area (Å²) in [6.45, 7) is 0.638. The highest BCUT2D eigenvalue weighted by Crippen LogP contribution is 2.42. The Morgan fingerprint density at radius 2 is 1.77 bits per heavy atom. The molecular formula is C20H25NO4S. The van der Waals surface area contributed by atoms with E-state index in [9.17, 15) is 4.79 Å². The Bertz CT molecular complexity index is 726. The van der Waals surface area contributed by atoms with Crippen molar-refractivity contribution >= 4 is 17.2 Å². The van der Waals surface area contributed by atoms with Crippen molar-refractivity contribution in [2.75, 3.05) is 27.9 Å². The Kier molecular flexibility index (Phi) is 5.71. The second-order valence-electron chi connectivity index (χ2n) is 6.60. The highest BCUT2D eigenvalue weighted by molar-refractivity contribution is 7.08. The molecule has 0 bridgehead atoms. The van der Waals surface area contributed by atoms with Gasteiger partial charge in [-0.2, -0.15) is 11.3 Å². The fraction of sp³-hybridized carbons (Fsp3) is 0.450. The fourth-order valence-electron chi connectivity index (χ4n) is 3.75. The lowest BCUT2D eigenvalue weighted by Crippen LogP contribution is -2.38. The fourth-order valence-corrected chi connectivity index (χ4v) is 4.53. The molecule has 1 aromatic heterocycles. The molecule has 3 rings (SSSR count). The monoisotopic (exact) mass is 375 g/mol. The van der Waals surface area contributed by atoms with E-state index in [4.69, 9.17) is 14.2 Å². The maximum atomic E-state index is 12.8. The van der Waals surface area contributed by atoms with Crippen LogP contribution in [0.25, 0.3) is 0 Å². The number of ether oxygens (including phenoxy) is 3. The van der Waals surface area contributed by atoms with Crippen LogP contribution in [0.4, 0.5) is 0 Å². The topological polar surface area (TPSA) is 56.8 Å². The lowest BCUT2D eigenvalue weighted by atomic mass is 9.80. The van der Waals surface area contributed by atoms with Gasteiger partial charge < -0.3 is 19.5 Å². The Labute approximate surface area is 158 Å². The predicted molar refractivity (Wildman–Crippen MR) is 103 cm³/mol. The van der Waals surface area contributed by atoms with Gasteiger partial charge in [-0.05, 0) is 47.4 Å². The minimum Gasteiger partial charge on any atom is -0.493 e. The number of nitrogens with one attached hydrogen (secondary N) is 1. The van der Waals surface area contributed by atoms with Crippen molar-refractivity contribution in [3.8, 4) is 17.2 Å². The molecule has 0 radical (unpaired) electrons. The summed E-state index contributed by atoms with van der Waals surface area (Å²) >= 11 is 1.71. The van der Waals surface area contributed by atoms with Crippen molar-refractivity contribution in [3.63, 3.8) is 0 Å². The molecule has 1 heterocycles. The number of carbonyl (C=O) groups excluding carboxylic acids is 1. The molecule has 1 fully saturated rings. The lowest BCUT2D eigenvalue weighted by molar-refractivity contribution is 0.0942. The molecule has 1 aliphatic rings. The van der Waals surface area contributed by atoms with Crippen molar-refractivity contribution in [1.29, 1.82) is 0 Å². The van der Waals surface area contributed by atoms with Gasteiger partial charge in [0.15, 0.2) is 11.5 Å². The summed E-state index contributed by atoms with van der Waals surface area (Å²) in [5.74, 6) is 1.30. The molecule has 0 saturated heterocycles. The molecule has 0 spiro atoms. The van der Waals surface area contributed by atoms with E-state index in [1.54, 1.807) is 44.8 Å². The summed E-state index contributed by atoms with van der Waals surface area (Å²) in [6, 6.07) is 5.55. The summed E-state index contributed by atoms with van der Waals surface area (Å²) in [5.41, 5.74) is 1.89. The molecule has 1 amide bonds. The van der Waals surface area contributed by atoms with E-state index < -0.39 is 0 Å². The van der Waals surface area contributed by atoms with Crippen LogP contribution in [0, 0.1) is 0 Å². The zero-order valence-electron chi connectivity index (χ0n) is 15.5. The van der Waals surface area contributed by atoms with Gasteiger partial charge in [0.25, 0.3) is 5.91 Å². The van der Waals surface area contributed by atoms with Crippen molar-refractivity contribution in [2.45, 2.75) is 31.1 Å². The standard InChI is InChI=1S/C20H25NO4S/c1-23-16-10-14(11-17(24-2)18(16)25-3)19(22)21-13-20(7-4-5-8-20)15-6-9-26-12-15/h6,9-12H,4-5,7-8,13H2,1-3H3,(H,21,22). The Morgan fingerprint density at radius 3 is 2.27 bits per heavy atom. The molecular weight excluding hydrogens is 350 g/mol. The highest BCUT2D eigenvalue weighted by Gasteiger charge is 2.36. The average molecular weight is 375 g/mol. The third-order valence-corrected chi connectivity index (χ3v) is 5.89. The normalized spacial score (nSPS) is 15.5. The number of carbonyl (C=O) groups is 1. The summed E-state index contributed by atoms with van der Waals surface area (Å²) in [7, 11) is 4.64. The molecule has 1 aliphatic carbocycles. The zero-order chi connectivity index (χ0) is 18.6. The molecule has 1 aromatic carbocycles. The van der Waals surface area contributed by atoms with Crippen molar-refractivity contribution in [2.24, 2.45) is 0 Å². The highest BCUT2D eigenvalue weighted by atomic mass is 32.1. The van der Waals surface area contributed by atoms with Crippen LogP contribution in [0.2, 0.25) is 0 Å². The van der Waals surface area contributed by atoms with Crippen LogP contribution in [-0.2, 0) is 5.41 Å². The molecule has 5 nitrogen and oxygen atoms in total. The van der Waals surface area contributed by atoms with Crippen LogP contribution < -0.4 is 19.5 Å². The largest absolute Gasteiger partial charge is 0.493 e. The van der Waals surface area contributed by atoms with Crippen molar-refractivity contribution in [1.82, 2.24) is 5.32 Å². The molecule has 1 N–H and O–H groups in total. The first-order valence-electron chi connectivity index (χ1n) is 8.74. The van der Waals surface area contributed by atoms with Gasteiger partial charge in [-0.3, -0.25) is 4.79 Å². The van der Waals surface area contributed by atoms with Gasteiger partial charge in [0.05, 0.1) is 21.3 Å². The summed E-state index contributed by atoms with van der Waals surface area (Å²) in [6.07, 6.45) is 4.63. The second-order valence-corrected chi connectivity index (χ2v) is 7.38. The predicted octanol–water partition coefficient (Wildman–Crippen LogP) is 4.02. The summed E-state index contributed by atoms with van der Waals surface area (Å²) < 4.78 is 16.0. The first-order valence-corrected chi connectivity index (χ1v) is 9.69. The SMILES string of the molecule is COc1cc(C(=O)NCC2(c3ccsc3)CCCC2)cc(OC)c1OC. The van der Waals surface area contributed by atoms with Gasteiger partial charge in [-0.1, -0.05) is 12.8 Å². The van der Waals surface area contributed by atoms with Crippen molar-refractivity contribution < 1.29 is 19.0 Å². The van der Waals surface area contributed by atoms with Crippen LogP contribution in [0.15, 0.2) is 29.0 Å². The average Bonchev–Trinajstić information content (AvgIpc) is 3.37. The second kappa shape index (κ2) is 7.99. The smallest absolute Gasteiger partial charge is 0.251 e. The number of thiophene rings is 1. The molecule has 140 valence electrons. The molecule has 26 heavy (non-hydrogen) atoms. The van der Waals surface area contributed by atoms with Gasteiger partial charge >= 0.3 is 0 Å². The number of amides is 1. The number of rotatable bonds is 7. The van der Waals surface area contributed by atoms with E-state index in [1.807, 2.05) is 0 Å². The van der Waals surface area contributed by atoms with Gasteiger partial charge in [-0.25, -0.2) is 0 Å². The molecule has 1 saturated carbocycles. The summed E-state index contributed by atoms with van der Waals surface area (Å²) in [5, 5.41) is 7.44. The maximum absolute atomic E-state index is 12.8. The lowest BCUT2D eigenvalue weighted by Gasteiger charge is -2.29. The van der Waals surface area contributed by atoms with E-state index in [1.165, 1.54) is 18.4 Å².